The molecule has 40 heavy (non-hydrogen) atoms. The van der Waals surface area contributed by atoms with E-state index in [9.17, 15) is 13.2 Å². The molecule has 3 aromatic rings. The lowest BCUT2D eigenvalue weighted by atomic mass is 9.87. The molecule has 0 spiro atoms. The monoisotopic (exact) mass is 561 g/mol. The maximum Gasteiger partial charge on any atom is 0.256 e. The third kappa shape index (κ3) is 7.49. The molecule has 2 aliphatic carbocycles. The van der Waals surface area contributed by atoms with E-state index in [4.69, 9.17) is 4.98 Å². The van der Waals surface area contributed by atoms with Gasteiger partial charge in [-0.05, 0) is 62.1 Å². The van der Waals surface area contributed by atoms with Crippen LogP contribution in [-0.2, 0) is 10.0 Å². The Kier molecular flexibility index (Phi) is 9.87. The van der Waals surface area contributed by atoms with Gasteiger partial charge in [0, 0.05) is 28.7 Å². The van der Waals surface area contributed by atoms with Crippen LogP contribution in [0.15, 0.2) is 59.5 Å². The average Bonchev–Trinajstić information content (AvgIpc) is 3.06. The smallest absolute Gasteiger partial charge is 0.256 e. The third-order valence-electron chi connectivity index (χ3n) is 8.60. The van der Waals surface area contributed by atoms with E-state index in [1.54, 1.807) is 24.3 Å². The molecule has 2 aromatic carbocycles. The van der Waals surface area contributed by atoms with Crippen LogP contribution in [0.3, 0.4) is 0 Å². The number of nitrogens with zero attached hydrogens (tertiary/aromatic N) is 1. The van der Waals surface area contributed by atoms with Crippen molar-refractivity contribution in [1.82, 2.24) is 9.71 Å². The SMILES string of the molecule is O=C(Nc1ccc(S(=O)(=O)NC2CCCCCCCC2)cc1)c1cc(C2CCCCCCC2)nc2ccccc12. The average molecular weight is 562 g/mol. The first kappa shape index (κ1) is 28.7. The summed E-state index contributed by atoms with van der Waals surface area (Å²) in [7, 11) is -3.62. The summed E-state index contributed by atoms with van der Waals surface area (Å²) in [5.74, 6) is 0.167. The summed E-state index contributed by atoms with van der Waals surface area (Å²) >= 11 is 0. The molecule has 1 amide bonds. The molecule has 0 aliphatic heterocycles. The van der Waals surface area contributed by atoms with Crippen molar-refractivity contribution in [2.75, 3.05) is 5.32 Å². The minimum Gasteiger partial charge on any atom is -0.322 e. The maximum absolute atomic E-state index is 13.5. The van der Waals surface area contributed by atoms with Crippen molar-refractivity contribution in [2.45, 2.75) is 113 Å². The summed E-state index contributed by atoms with van der Waals surface area (Å²) in [5.41, 5.74) is 3.02. The van der Waals surface area contributed by atoms with Crippen LogP contribution in [0.2, 0.25) is 0 Å². The van der Waals surface area contributed by atoms with Gasteiger partial charge in [-0.1, -0.05) is 88.8 Å². The summed E-state index contributed by atoms with van der Waals surface area (Å²) in [6.07, 6.45) is 17.2. The largest absolute Gasteiger partial charge is 0.322 e. The molecule has 2 saturated carbocycles. The molecule has 0 atom stereocenters. The summed E-state index contributed by atoms with van der Waals surface area (Å²) in [6.45, 7) is 0. The summed E-state index contributed by atoms with van der Waals surface area (Å²) in [5, 5.41) is 3.83. The molecule has 1 heterocycles. The molecule has 1 aromatic heterocycles. The molecule has 0 unspecified atom stereocenters. The lowest BCUT2D eigenvalue weighted by Crippen LogP contribution is -2.34. The van der Waals surface area contributed by atoms with Crippen LogP contribution < -0.4 is 10.0 Å². The molecule has 5 rings (SSSR count). The molecule has 7 heteroatoms. The Balaban J connectivity index is 1.31. The van der Waals surface area contributed by atoms with Gasteiger partial charge < -0.3 is 5.32 Å². The minimum atomic E-state index is -3.62. The Morgan fingerprint density at radius 3 is 1.95 bits per heavy atom. The number of fused-ring (bicyclic) bond motifs is 1. The van der Waals surface area contributed by atoms with E-state index in [1.165, 1.54) is 57.8 Å². The number of carbonyl (C=O) groups is 1. The standard InChI is InChI=1S/C33H43N3O3S/c37-33(30-24-32(25-14-8-4-3-5-9-15-25)35-31-19-13-12-18-29(30)31)34-26-20-22-28(23-21-26)40(38,39)36-27-16-10-6-1-2-7-11-17-27/h12-13,18-25,27,36H,1-11,14-17H2,(H,34,37). The van der Waals surface area contributed by atoms with Crippen molar-refractivity contribution in [1.29, 1.82) is 0 Å². The Hall–Kier alpha value is -2.77. The van der Waals surface area contributed by atoms with Crippen LogP contribution >= 0.6 is 0 Å². The van der Waals surface area contributed by atoms with Gasteiger partial charge in [-0.25, -0.2) is 13.1 Å². The van der Waals surface area contributed by atoms with Gasteiger partial charge in [-0.3, -0.25) is 9.78 Å². The zero-order valence-corrected chi connectivity index (χ0v) is 24.4. The quantitative estimate of drug-likeness (QED) is 0.318. The molecule has 0 bridgehead atoms. The van der Waals surface area contributed by atoms with E-state index in [1.807, 2.05) is 30.3 Å². The Labute approximate surface area is 239 Å². The number of amides is 1. The Morgan fingerprint density at radius 1 is 0.725 bits per heavy atom. The van der Waals surface area contributed by atoms with Crippen molar-refractivity contribution in [2.24, 2.45) is 0 Å². The second-order valence-corrected chi connectivity index (χ2v) is 13.4. The summed E-state index contributed by atoms with van der Waals surface area (Å²) < 4.78 is 29.2. The normalized spacial score (nSPS) is 18.7. The zero-order chi connectivity index (χ0) is 27.8. The van der Waals surface area contributed by atoms with E-state index in [2.05, 4.69) is 10.0 Å². The number of hydrogen-bond donors (Lipinski definition) is 2. The molecule has 214 valence electrons. The maximum atomic E-state index is 13.5. The van der Waals surface area contributed by atoms with Crippen molar-refractivity contribution in [3.05, 3.63) is 65.9 Å². The molecular formula is C33H43N3O3S. The van der Waals surface area contributed by atoms with E-state index < -0.39 is 10.0 Å². The van der Waals surface area contributed by atoms with Crippen molar-refractivity contribution in [3.8, 4) is 0 Å². The highest BCUT2D eigenvalue weighted by Gasteiger charge is 2.22. The number of hydrogen-bond acceptors (Lipinski definition) is 4. The van der Waals surface area contributed by atoms with Gasteiger partial charge in [0.1, 0.15) is 0 Å². The number of rotatable bonds is 6. The van der Waals surface area contributed by atoms with E-state index >= 15 is 0 Å². The van der Waals surface area contributed by atoms with E-state index in [0.29, 0.717) is 17.2 Å². The lowest BCUT2D eigenvalue weighted by Gasteiger charge is -2.20. The lowest BCUT2D eigenvalue weighted by molar-refractivity contribution is 0.102. The van der Waals surface area contributed by atoms with Crippen molar-refractivity contribution >= 4 is 32.5 Å². The Morgan fingerprint density at radius 2 is 1.30 bits per heavy atom. The van der Waals surface area contributed by atoms with Gasteiger partial charge in [0.05, 0.1) is 16.0 Å². The van der Waals surface area contributed by atoms with Gasteiger partial charge in [0.25, 0.3) is 5.91 Å². The number of pyridine rings is 1. The predicted octanol–water partition coefficient (Wildman–Crippen LogP) is 8.10. The highest BCUT2D eigenvalue weighted by Crippen LogP contribution is 2.32. The van der Waals surface area contributed by atoms with Crippen molar-refractivity contribution in [3.63, 3.8) is 0 Å². The zero-order valence-electron chi connectivity index (χ0n) is 23.5. The van der Waals surface area contributed by atoms with Gasteiger partial charge in [-0.2, -0.15) is 0 Å². The van der Waals surface area contributed by atoms with Crippen LogP contribution in [-0.4, -0.2) is 25.4 Å². The van der Waals surface area contributed by atoms with Crippen LogP contribution in [0.1, 0.15) is 118 Å². The van der Waals surface area contributed by atoms with Gasteiger partial charge in [0.2, 0.25) is 10.0 Å². The first-order valence-electron chi connectivity index (χ1n) is 15.3. The van der Waals surface area contributed by atoms with Crippen LogP contribution in [0.4, 0.5) is 5.69 Å². The van der Waals surface area contributed by atoms with Crippen LogP contribution in [0.25, 0.3) is 10.9 Å². The molecule has 0 radical (unpaired) electrons. The van der Waals surface area contributed by atoms with Gasteiger partial charge in [0.15, 0.2) is 0 Å². The fourth-order valence-electron chi connectivity index (χ4n) is 6.30. The summed E-state index contributed by atoms with van der Waals surface area (Å²) in [4.78, 5) is 18.7. The number of para-hydroxylation sites is 1. The molecule has 2 N–H and O–H groups in total. The second kappa shape index (κ2) is 13.7. The van der Waals surface area contributed by atoms with Gasteiger partial charge in [-0.15, -0.1) is 0 Å². The van der Waals surface area contributed by atoms with E-state index in [0.717, 1.165) is 55.1 Å². The third-order valence-corrected chi connectivity index (χ3v) is 10.1. The minimum absolute atomic E-state index is 0.0190. The number of sulfonamides is 1. The highest BCUT2D eigenvalue weighted by atomic mass is 32.2. The van der Waals surface area contributed by atoms with Crippen LogP contribution in [0, 0.1) is 0 Å². The second-order valence-electron chi connectivity index (χ2n) is 11.6. The number of nitrogens with one attached hydrogen (secondary N) is 2. The molecular weight excluding hydrogens is 518 g/mol. The van der Waals surface area contributed by atoms with Crippen LogP contribution in [0.5, 0.6) is 0 Å². The fourth-order valence-corrected chi connectivity index (χ4v) is 7.60. The molecule has 6 nitrogen and oxygen atoms in total. The first-order chi connectivity index (χ1) is 19.5. The summed E-state index contributed by atoms with van der Waals surface area (Å²) in [6, 6.07) is 16.3. The van der Waals surface area contributed by atoms with Gasteiger partial charge >= 0.3 is 0 Å². The number of aromatic nitrogens is 1. The topological polar surface area (TPSA) is 88.2 Å². The highest BCUT2D eigenvalue weighted by molar-refractivity contribution is 7.89. The fraction of sp³-hybridized carbons (Fsp3) is 0.515. The van der Waals surface area contributed by atoms with E-state index in [-0.39, 0.29) is 16.8 Å². The number of carbonyl (C=O) groups excluding carboxylic acids is 1. The van der Waals surface area contributed by atoms with Crippen molar-refractivity contribution < 1.29 is 13.2 Å². The predicted molar refractivity (Wildman–Crippen MR) is 162 cm³/mol. The first-order valence-corrected chi connectivity index (χ1v) is 16.8. The molecule has 2 aliphatic rings. The number of benzene rings is 2. The molecule has 2 fully saturated rings. The molecule has 0 saturated heterocycles. The number of anilines is 1. The Bertz CT molecular complexity index is 1370.